The average molecular weight is 870 g/mol. The monoisotopic (exact) mass is 869 g/mol. The fourth-order valence-corrected chi connectivity index (χ4v) is 10.3. The Morgan fingerprint density at radius 1 is 0.922 bits per heavy atom. The quantitative estimate of drug-likeness (QED) is 0.0992. The zero-order valence-corrected chi connectivity index (χ0v) is 37.6. The van der Waals surface area contributed by atoms with Gasteiger partial charge in [0.15, 0.2) is 0 Å². The topological polar surface area (TPSA) is 164 Å². The van der Waals surface area contributed by atoms with Gasteiger partial charge in [0.05, 0.1) is 22.8 Å². The molecular formula is C49H59N9O6. The molecule has 0 aliphatic carbocycles. The summed E-state index contributed by atoms with van der Waals surface area (Å²) in [7, 11) is 2.07. The number of piperidine rings is 2. The third kappa shape index (κ3) is 8.61. The standard InChI is InChI=1S/C49H59N9O6/c1-30-34-16-15-32(45(60)51-43-27-40-33(28-50-43)26-42(38-14-10-21-54(38)5)58(40)48(63)64-49(2,3)4)25-41(34)57(53-30)22-8-6-7-11-31-19-23-55(24-20-31)37-13-9-12-35-36(37)29-56(47(35)62)39-17-18-44(59)52-46(39)61/h9,12-13,15-16,25-28,31,38-39H,6-8,10-11,14,17-24,29H2,1-5H3,(H,50,51,60)(H,52,59,61)/t38-,39?/m1/s1. The predicted octanol–water partition coefficient (Wildman–Crippen LogP) is 7.73. The second-order valence-electron chi connectivity index (χ2n) is 19.1. The number of nitrogens with one attached hydrogen (secondary N) is 2. The molecule has 5 aromatic rings. The number of likely N-dealkylation sites (tertiary alicyclic amines) is 1. The van der Waals surface area contributed by atoms with Crippen molar-refractivity contribution in [3.8, 4) is 0 Å². The van der Waals surface area contributed by atoms with Crippen molar-refractivity contribution in [1.82, 2.24) is 34.4 Å². The van der Waals surface area contributed by atoms with Crippen LogP contribution in [-0.4, -0.2) is 97.2 Å². The molecule has 9 rings (SSSR count). The lowest BCUT2D eigenvalue weighted by molar-refractivity contribution is -0.136. The van der Waals surface area contributed by atoms with Gasteiger partial charge in [0.2, 0.25) is 11.8 Å². The maximum absolute atomic E-state index is 13.8. The molecule has 2 atom stereocenters. The van der Waals surface area contributed by atoms with Crippen LogP contribution in [0.4, 0.5) is 16.3 Å². The number of carbonyl (C=O) groups excluding carboxylic acids is 5. The average Bonchev–Trinajstić information content (AvgIpc) is 4.03. The molecule has 4 amide bonds. The largest absolute Gasteiger partial charge is 0.443 e. The second kappa shape index (κ2) is 17.5. The van der Waals surface area contributed by atoms with E-state index in [-0.39, 0.29) is 36.1 Å². The molecule has 2 N–H and O–H groups in total. The summed E-state index contributed by atoms with van der Waals surface area (Å²) in [5, 5.41) is 12.0. The van der Waals surface area contributed by atoms with Crippen LogP contribution in [0.2, 0.25) is 0 Å². The van der Waals surface area contributed by atoms with Crippen molar-refractivity contribution >= 4 is 63.0 Å². The number of benzene rings is 2. The number of hydrogen-bond donors (Lipinski definition) is 2. The number of carbonyl (C=O) groups is 5. The smallest absolute Gasteiger partial charge is 0.419 e. The van der Waals surface area contributed by atoms with Crippen molar-refractivity contribution in [2.45, 2.75) is 123 Å². The van der Waals surface area contributed by atoms with Crippen LogP contribution in [0.1, 0.15) is 129 Å². The number of unbranched alkanes of at least 4 members (excludes halogenated alkanes) is 2. The first-order valence-corrected chi connectivity index (χ1v) is 23.0. The number of rotatable bonds is 11. The van der Waals surface area contributed by atoms with E-state index >= 15 is 0 Å². The Labute approximate surface area is 373 Å². The maximum Gasteiger partial charge on any atom is 0.419 e. The van der Waals surface area contributed by atoms with Crippen LogP contribution < -0.4 is 15.5 Å². The van der Waals surface area contributed by atoms with Crippen LogP contribution in [0.3, 0.4) is 0 Å². The van der Waals surface area contributed by atoms with Crippen LogP contribution >= 0.6 is 0 Å². The third-order valence-corrected chi connectivity index (χ3v) is 13.6. The second-order valence-corrected chi connectivity index (χ2v) is 19.1. The van der Waals surface area contributed by atoms with Crippen LogP contribution in [0.5, 0.6) is 0 Å². The first kappa shape index (κ1) is 43.2. The Morgan fingerprint density at radius 2 is 1.73 bits per heavy atom. The minimum atomic E-state index is -0.677. The maximum atomic E-state index is 13.8. The van der Waals surface area contributed by atoms with Crippen LogP contribution in [0, 0.1) is 12.8 Å². The molecule has 336 valence electrons. The van der Waals surface area contributed by atoms with Crippen LogP contribution in [0.15, 0.2) is 54.7 Å². The normalized spacial score (nSPS) is 19.8. The number of fused-ring (bicyclic) bond motifs is 3. The molecule has 2 aromatic carbocycles. The number of hydrogen-bond acceptors (Lipinski definition) is 10. The number of aromatic nitrogens is 4. The molecule has 4 aliphatic heterocycles. The van der Waals surface area contributed by atoms with Gasteiger partial charge < -0.3 is 19.9 Å². The molecule has 64 heavy (non-hydrogen) atoms. The van der Waals surface area contributed by atoms with Gasteiger partial charge in [-0.25, -0.2) is 14.3 Å². The molecule has 7 heterocycles. The zero-order valence-electron chi connectivity index (χ0n) is 37.6. The fraction of sp³-hybridized carbons (Fsp3) is 0.490. The lowest BCUT2D eigenvalue weighted by Gasteiger charge is -2.35. The van der Waals surface area contributed by atoms with Gasteiger partial charge in [0.1, 0.15) is 17.5 Å². The van der Waals surface area contributed by atoms with Gasteiger partial charge in [-0.1, -0.05) is 31.4 Å². The summed E-state index contributed by atoms with van der Waals surface area (Å²) >= 11 is 0. The summed E-state index contributed by atoms with van der Waals surface area (Å²) in [5.41, 5.74) is 5.87. The van der Waals surface area contributed by atoms with E-state index in [1.54, 1.807) is 21.7 Å². The van der Waals surface area contributed by atoms with Gasteiger partial charge in [-0.3, -0.25) is 34.1 Å². The van der Waals surface area contributed by atoms with Crippen molar-refractivity contribution in [2.24, 2.45) is 5.92 Å². The minimum absolute atomic E-state index is 0.0733. The summed E-state index contributed by atoms with van der Waals surface area (Å²) < 4.78 is 9.52. The van der Waals surface area contributed by atoms with Gasteiger partial charge in [-0.15, -0.1) is 0 Å². The van der Waals surface area contributed by atoms with E-state index in [0.717, 1.165) is 116 Å². The number of aryl methyl sites for hydroxylation is 2. The molecule has 1 unspecified atom stereocenters. The highest BCUT2D eigenvalue weighted by molar-refractivity contribution is 6.07. The highest BCUT2D eigenvalue weighted by Crippen LogP contribution is 2.38. The Bertz CT molecular complexity index is 2650. The van der Waals surface area contributed by atoms with E-state index in [2.05, 4.69) is 38.5 Å². The summed E-state index contributed by atoms with van der Waals surface area (Å²) in [6, 6.07) is 14.8. The van der Waals surface area contributed by atoms with Gasteiger partial charge in [0.25, 0.3) is 11.8 Å². The van der Waals surface area contributed by atoms with Crippen molar-refractivity contribution in [3.63, 3.8) is 0 Å². The van der Waals surface area contributed by atoms with E-state index in [1.165, 1.54) is 0 Å². The molecule has 3 saturated heterocycles. The SMILES string of the molecule is Cc1nn(CCCCCC2CCN(c3cccc4c3CN(C3CCC(=O)NC3=O)C4=O)CC2)c2cc(C(=O)Nc3cc4c(cn3)cc([C@H]3CCCN3C)n4C(=O)OC(C)(C)C)ccc12. The molecule has 4 aliphatic rings. The van der Waals surface area contributed by atoms with Gasteiger partial charge >= 0.3 is 6.09 Å². The van der Waals surface area contributed by atoms with Gasteiger partial charge in [-0.2, -0.15) is 5.10 Å². The Kier molecular flexibility index (Phi) is 11.8. The summed E-state index contributed by atoms with van der Waals surface area (Å²) in [5.74, 6) is -0.117. The number of pyridine rings is 1. The molecule has 15 heteroatoms. The lowest BCUT2D eigenvalue weighted by Crippen LogP contribution is -2.52. The van der Waals surface area contributed by atoms with Crippen LogP contribution in [-0.2, 0) is 27.4 Å². The molecular weight excluding hydrogens is 811 g/mol. The molecule has 0 bridgehead atoms. The van der Waals surface area contributed by atoms with Gasteiger partial charge in [0, 0.05) is 83.7 Å². The van der Waals surface area contributed by atoms with E-state index in [9.17, 15) is 24.0 Å². The van der Waals surface area contributed by atoms with Crippen molar-refractivity contribution in [3.05, 3.63) is 82.8 Å². The molecule has 3 fully saturated rings. The van der Waals surface area contributed by atoms with E-state index in [4.69, 9.17) is 9.84 Å². The van der Waals surface area contributed by atoms with E-state index in [0.29, 0.717) is 41.3 Å². The van der Waals surface area contributed by atoms with E-state index in [1.807, 2.05) is 68.8 Å². The van der Waals surface area contributed by atoms with Crippen molar-refractivity contribution < 1.29 is 28.7 Å². The summed E-state index contributed by atoms with van der Waals surface area (Å²) in [6.45, 7) is 11.5. The number of ether oxygens (including phenoxy) is 1. The Morgan fingerprint density at radius 3 is 2.48 bits per heavy atom. The van der Waals surface area contributed by atoms with Gasteiger partial charge in [-0.05, 0) is 116 Å². The Balaban J connectivity index is 0.791. The number of imide groups is 1. The zero-order chi connectivity index (χ0) is 44.9. The molecule has 3 aromatic heterocycles. The minimum Gasteiger partial charge on any atom is -0.443 e. The first-order valence-electron chi connectivity index (χ1n) is 23.0. The summed E-state index contributed by atoms with van der Waals surface area (Å²) in [6.07, 6.45) is 10.3. The van der Waals surface area contributed by atoms with Crippen molar-refractivity contribution in [2.75, 3.05) is 36.9 Å². The first-order chi connectivity index (χ1) is 30.7. The number of nitrogens with zero attached hydrogens (tertiary/aromatic N) is 7. The lowest BCUT2D eigenvalue weighted by atomic mass is 9.90. The molecule has 0 saturated carbocycles. The number of anilines is 2. The predicted molar refractivity (Wildman–Crippen MR) is 244 cm³/mol. The Hall–Kier alpha value is -6.09. The molecule has 15 nitrogen and oxygen atoms in total. The van der Waals surface area contributed by atoms with Crippen LogP contribution in [0.25, 0.3) is 21.8 Å². The van der Waals surface area contributed by atoms with E-state index < -0.39 is 17.7 Å². The molecule has 0 radical (unpaired) electrons. The summed E-state index contributed by atoms with van der Waals surface area (Å²) in [4.78, 5) is 75.9. The fourth-order valence-electron chi connectivity index (χ4n) is 10.3. The number of amides is 4. The highest BCUT2D eigenvalue weighted by atomic mass is 16.6. The molecule has 0 spiro atoms. The third-order valence-electron chi connectivity index (χ3n) is 13.6. The van der Waals surface area contributed by atoms with Crippen molar-refractivity contribution in [1.29, 1.82) is 0 Å². The highest BCUT2D eigenvalue weighted by Gasteiger charge is 2.40.